The second-order valence-corrected chi connectivity index (χ2v) is 4.80. The molecule has 0 amide bonds. The van der Waals surface area contributed by atoms with Gasteiger partial charge in [-0.2, -0.15) is 0 Å². The zero-order valence-corrected chi connectivity index (χ0v) is 9.44. The van der Waals surface area contributed by atoms with Crippen molar-refractivity contribution in [3.05, 3.63) is 24.3 Å². The Kier molecular flexibility index (Phi) is 3.42. The van der Waals surface area contributed by atoms with Crippen molar-refractivity contribution in [1.29, 1.82) is 0 Å². The number of rotatable bonds is 3. The Morgan fingerprint density at radius 3 is 1.44 bits per heavy atom. The standard InChI is InChI=1S/C8H6N4O2S2/c13-5-1-3-7(11-9-5)15-16-8-4-2-6(14)10-12-8/h1-4H,(H,9,13)(H,10,14). The van der Waals surface area contributed by atoms with Gasteiger partial charge in [0, 0.05) is 12.1 Å². The lowest BCUT2D eigenvalue weighted by Gasteiger charge is -1.98. The van der Waals surface area contributed by atoms with Gasteiger partial charge in [0.2, 0.25) is 11.8 Å². The Morgan fingerprint density at radius 2 is 1.12 bits per heavy atom. The molecule has 0 spiro atoms. The van der Waals surface area contributed by atoms with Gasteiger partial charge < -0.3 is 10.2 Å². The lowest BCUT2D eigenvalue weighted by atomic mass is 10.6. The highest BCUT2D eigenvalue weighted by molar-refractivity contribution is 8.76. The Morgan fingerprint density at radius 1 is 0.688 bits per heavy atom. The maximum Gasteiger partial charge on any atom is 0.230 e. The van der Waals surface area contributed by atoms with Crippen LogP contribution in [0.2, 0.25) is 0 Å². The minimum absolute atomic E-state index is 0.112. The van der Waals surface area contributed by atoms with Crippen molar-refractivity contribution in [3.8, 4) is 11.8 Å². The van der Waals surface area contributed by atoms with Gasteiger partial charge in [0.25, 0.3) is 0 Å². The first kappa shape index (κ1) is 11.0. The molecular weight excluding hydrogens is 248 g/mol. The molecule has 0 aliphatic rings. The maximum absolute atomic E-state index is 8.93. The summed E-state index contributed by atoms with van der Waals surface area (Å²) in [5.41, 5.74) is 0. The van der Waals surface area contributed by atoms with E-state index in [1.807, 2.05) is 0 Å². The fourth-order valence-electron chi connectivity index (χ4n) is 0.800. The van der Waals surface area contributed by atoms with Crippen molar-refractivity contribution in [2.24, 2.45) is 0 Å². The average molecular weight is 254 g/mol. The smallest absolute Gasteiger partial charge is 0.230 e. The van der Waals surface area contributed by atoms with Gasteiger partial charge in [-0.25, -0.2) is 0 Å². The third-order valence-corrected chi connectivity index (χ3v) is 3.60. The van der Waals surface area contributed by atoms with Crippen LogP contribution in [0.25, 0.3) is 0 Å². The van der Waals surface area contributed by atoms with E-state index in [9.17, 15) is 0 Å². The van der Waals surface area contributed by atoms with E-state index in [4.69, 9.17) is 10.2 Å². The van der Waals surface area contributed by atoms with Crippen molar-refractivity contribution in [1.82, 2.24) is 20.4 Å². The number of hydrogen-bond acceptors (Lipinski definition) is 8. The normalized spacial score (nSPS) is 10.2. The fourth-order valence-corrected chi connectivity index (χ4v) is 2.41. The van der Waals surface area contributed by atoms with E-state index in [0.29, 0.717) is 10.1 Å². The van der Waals surface area contributed by atoms with Gasteiger partial charge in [0.15, 0.2) is 0 Å². The highest BCUT2D eigenvalue weighted by Gasteiger charge is 2.02. The molecule has 16 heavy (non-hydrogen) atoms. The van der Waals surface area contributed by atoms with E-state index in [1.54, 1.807) is 12.1 Å². The van der Waals surface area contributed by atoms with Gasteiger partial charge in [-0.15, -0.1) is 20.4 Å². The van der Waals surface area contributed by atoms with Crippen LogP contribution >= 0.6 is 21.6 Å². The summed E-state index contributed by atoms with van der Waals surface area (Å²) < 4.78 is 0. The van der Waals surface area contributed by atoms with Crippen LogP contribution < -0.4 is 0 Å². The summed E-state index contributed by atoms with van der Waals surface area (Å²) >= 11 is 0. The van der Waals surface area contributed by atoms with Crippen LogP contribution in [0.15, 0.2) is 34.3 Å². The van der Waals surface area contributed by atoms with E-state index in [2.05, 4.69) is 20.4 Å². The van der Waals surface area contributed by atoms with Gasteiger partial charge in [-0.3, -0.25) is 0 Å². The van der Waals surface area contributed by atoms with Gasteiger partial charge >= 0.3 is 0 Å². The van der Waals surface area contributed by atoms with Crippen molar-refractivity contribution in [2.75, 3.05) is 0 Å². The van der Waals surface area contributed by atoms with Crippen LogP contribution in [-0.2, 0) is 0 Å². The van der Waals surface area contributed by atoms with Crippen LogP contribution in [0.3, 0.4) is 0 Å². The third kappa shape index (κ3) is 2.97. The molecule has 8 heteroatoms. The van der Waals surface area contributed by atoms with E-state index in [-0.39, 0.29) is 11.8 Å². The van der Waals surface area contributed by atoms with Gasteiger partial charge in [-0.05, 0) is 33.7 Å². The molecule has 0 fully saturated rings. The highest BCUT2D eigenvalue weighted by atomic mass is 33.1. The summed E-state index contributed by atoms with van der Waals surface area (Å²) in [5, 5.41) is 33.7. The van der Waals surface area contributed by atoms with Crippen molar-refractivity contribution in [2.45, 2.75) is 10.1 Å². The van der Waals surface area contributed by atoms with Crippen molar-refractivity contribution >= 4 is 21.6 Å². The Labute approximate surface area is 98.5 Å². The van der Waals surface area contributed by atoms with Crippen molar-refractivity contribution in [3.63, 3.8) is 0 Å². The first-order valence-electron chi connectivity index (χ1n) is 4.14. The van der Waals surface area contributed by atoms with Crippen LogP contribution in [0.5, 0.6) is 11.8 Å². The van der Waals surface area contributed by atoms with Gasteiger partial charge in [0.05, 0.1) is 0 Å². The number of nitrogens with zero attached hydrogens (tertiary/aromatic N) is 4. The second-order valence-electron chi connectivity index (χ2n) is 2.63. The number of aromatic nitrogens is 4. The molecule has 0 aliphatic heterocycles. The molecule has 0 saturated heterocycles. The molecule has 2 N–H and O–H groups in total. The predicted octanol–water partition coefficient (Wildman–Crippen LogP) is 1.48. The zero-order chi connectivity index (χ0) is 11.4. The maximum atomic E-state index is 8.93. The van der Waals surface area contributed by atoms with Gasteiger partial charge in [-0.1, -0.05) is 0 Å². The Hall–Kier alpha value is -1.54. The quantitative estimate of drug-likeness (QED) is 0.796. The van der Waals surface area contributed by atoms with Crippen molar-refractivity contribution < 1.29 is 10.2 Å². The van der Waals surface area contributed by atoms with E-state index < -0.39 is 0 Å². The topological polar surface area (TPSA) is 92.0 Å². The molecule has 2 heterocycles. The molecule has 2 aromatic rings. The fraction of sp³-hybridized carbons (Fsp3) is 0. The molecule has 0 aliphatic carbocycles. The first-order chi connectivity index (χ1) is 7.74. The third-order valence-electron chi connectivity index (χ3n) is 1.46. The summed E-state index contributed by atoms with van der Waals surface area (Å²) in [4.78, 5) is 0. The lowest BCUT2D eigenvalue weighted by Crippen LogP contribution is -1.84. The molecule has 0 unspecified atom stereocenters. The highest BCUT2D eigenvalue weighted by Crippen LogP contribution is 2.34. The van der Waals surface area contributed by atoms with Gasteiger partial charge in [0.1, 0.15) is 10.1 Å². The van der Waals surface area contributed by atoms with Crippen LogP contribution in [0, 0.1) is 0 Å². The van der Waals surface area contributed by atoms with Crippen LogP contribution in [0.1, 0.15) is 0 Å². The second kappa shape index (κ2) is 4.99. The monoisotopic (exact) mass is 254 g/mol. The summed E-state index contributed by atoms with van der Waals surface area (Å²) in [6.45, 7) is 0. The van der Waals surface area contributed by atoms with Crippen LogP contribution in [0.4, 0.5) is 0 Å². The SMILES string of the molecule is Oc1ccc(SSc2ccc(O)nn2)nn1. The molecule has 6 nitrogen and oxygen atoms in total. The molecule has 0 bridgehead atoms. The summed E-state index contributed by atoms with van der Waals surface area (Å²) in [6.07, 6.45) is 0. The minimum Gasteiger partial charge on any atom is -0.492 e. The van der Waals surface area contributed by atoms with E-state index >= 15 is 0 Å². The van der Waals surface area contributed by atoms with E-state index in [0.717, 1.165) is 0 Å². The zero-order valence-electron chi connectivity index (χ0n) is 7.81. The lowest BCUT2D eigenvalue weighted by molar-refractivity contribution is 0.441. The summed E-state index contributed by atoms with van der Waals surface area (Å²) in [6, 6.07) is 6.21. The Balaban J connectivity index is 1.97. The molecule has 0 radical (unpaired) electrons. The molecule has 0 atom stereocenters. The Bertz CT molecular complexity index is 417. The molecule has 2 aromatic heterocycles. The van der Waals surface area contributed by atoms with E-state index in [1.165, 1.54) is 33.7 Å². The largest absolute Gasteiger partial charge is 0.492 e. The molecule has 0 aromatic carbocycles. The molecular formula is C8H6N4O2S2. The number of aromatic hydroxyl groups is 2. The predicted molar refractivity (Wildman–Crippen MR) is 59.1 cm³/mol. The molecule has 82 valence electrons. The minimum atomic E-state index is -0.112. The average Bonchev–Trinajstić information content (AvgIpc) is 2.30. The first-order valence-corrected chi connectivity index (χ1v) is 6.29. The summed E-state index contributed by atoms with van der Waals surface area (Å²) in [5.74, 6) is -0.224. The number of hydrogen-bond donors (Lipinski definition) is 2. The molecule has 2 rings (SSSR count). The van der Waals surface area contributed by atoms with Crippen LogP contribution in [-0.4, -0.2) is 30.6 Å². The molecule has 0 saturated carbocycles. The summed E-state index contributed by atoms with van der Waals surface area (Å²) in [7, 11) is 2.67.